The van der Waals surface area contributed by atoms with Crippen molar-refractivity contribution in [1.82, 2.24) is 0 Å². The van der Waals surface area contributed by atoms with Crippen LogP contribution in [0.25, 0.3) is 0 Å². The highest BCUT2D eigenvalue weighted by atomic mass is 35.5. The standard InChI is InChI=1S/C17H28N2O2S.ClH/c1-6-10-17(5,18)15(20)19-14-9-7-8-13(11-14)12-22(21)16(2,3)4;/h7-9,11H,6,10,12,18H2,1-5H3,(H,19,20);1H. The highest BCUT2D eigenvalue weighted by Gasteiger charge is 2.27. The fourth-order valence-corrected chi connectivity index (χ4v) is 2.93. The van der Waals surface area contributed by atoms with Crippen LogP contribution >= 0.6 is 12.4 Å². The van der Waals surface area contributed by atoms with Gasteiger partial charge in [-0.05, 0) is 51.8 Å². The van der Waals surface area contributed by atoms with E-state index < -0.39 is 16.3 Å². The Labute approximate surface area is 148 Å². The van der Waals surface area contributed by atoms with Crippen molar-refractivity contribution in [2.45, 2.75) is 63.5 Å². The number of benzene rings is 1. The van der Waals surface area contributed by atoms with Gasteiger partial charge in [0.15, 0.2) is 0 Å². The number of nitrogens with one attached hydrogen (secondary N) is 1. The first-order valence-corrected chi connectivity index (χ1v) is 8.96. The van der Waals surface area contributed by atoms with Crippen LogP contribution in [-0.2, 0) is 21.3 Å². The van der Waals surface area contributed by atoms with Crippen LogP contribution in [0.15, 0.2) is 24.3 Å². The summed E-state index contributed by atoms with van der Waals surface area (Å²) in [5.74, 6) is 0.283. The SMILES string of the molecule is CCCC(C)(N)C(=O)Nc1cccc(CS(=O)C(C)(C)C)c1.Cl. The molecule has 0 aliphatic carbocycles. The number of carbonyl (C=O) groups is 1. The van der Waals surface area contributed by atoms with Crippen LogP contribution in [0.3, 0.4) is 0 Å². The topological polar surface area (TPSA) is 72.2 Å². The van der Waals surface area contributed by atoms with Crippen molar-refractivity contribution >= 4 is 34.8 Å². The molecule has 3 N–H and O–H groups in total. The maximum atomic E-state index is 12.2. The summed E-state index contributed by atoms with van der Waals surface area (Å²) >= 11 is 0. The summed E-state index contributed by atoms with van der Waals surface area (Å²) in [5, 5.41) is 2.86. The van der Waals surface area contributed by atoms with E-state index in [0.29, 0.717) is 17.9 Å². The Kier molecular flexibility index (Phi) is 8.46. The average Bonchev–Trinajstić information content (AvgIpc) is 2.37. The number of amides is 1. The van der Waals surface area contributed by atoms with E-state index in [1.807, 2.05) is 52.0 Å². The molecule has 0 bridgehead atoms. The van der Waals surface area contributed by atoms with Gasteiger partial charge in [0.2, 0.25) is 5.91 Å². The van der Waals surface area contributed by atoms with Crippen LogP contribution in [-0.4, -0.2) is 20.4 Å². The van der Waals surface area contributed by atoms with Crippen LogP contribution < -0.4 is 11.1 Å². The molecule has 1 aromatic rings. The van der Waals surface area contributed by atoms with E-state index in [1.54, 1.807) is 6.92 Å². The molecule has 0 aromatic heterocycles. The highest BCUT2D eigenvalue weighted by molar-refractivity contribution is 7.85. The fraction of sp³-hybridized carbons (Fsp3) is 0.588. The zero-order valence-corrected chi connectivity index (χ0v) is 16.3. The molecule has 0 fully saturated rings. The fourth-order valence-electron chi connectivity index (χ4n) is 2.01. The normalized spacial score (nSPS) is 15.2. The van der Waals surface area contributed by atoms with Crippen LogP contribution in [0.5, 0.6) is 0 Å². The monoisotopic (exact) mass is 360 g/mol. The number of hydrogen-bond donors (Lipinski definition) is 2. The molecule has 2 atom stereocenters. The second-order valence-electron chi connectivity index (χ2n) is 6.92. The van der Waals surface area contributed by atoms with Gasteiger partial charge in [-0.2, -0.15) is 0 Å². The second-order valence-corrected chi connectivity index (χ2v) is 9.13. The van der Waals surface area contributed by atoms with Crippen LogP contribution in [0, 0.1) is 0 Å². The molecule has 0 heterocycles. The van der Waals surface area contributed by atoms with E-state index in [9.17, 15) is 9.00 Å². The molecule has 0 saturated carbocycles. The lowest BCUT2D eigenvalue weighted by Gasteiger charge is -2.23. The maximum absolute atomic E-state index is 12.2. The minimum atomic E-state index is -0.967. The molecule has 0 radical (unpaired) electrons. The number of carbonyl (C=O) groups excluding carboxylic acids is 1. The van der Waals surface area contributed by atoms with Crippen molar-refractivity contribution in [2.75, 3.05) is 5.32 Å². The summed E-state index contributed by atoms with van der Waals surface area (Å²) in [6, 6.07) is 7.47. The molecule has 23 heavy (non-hydrogen) atoms. The van der Waals surface area contributed by atoms with Gasteiger partial charge in [0, 0.05) is 27.0 Å². The van der Waals surface area contributed by atoms with Crippen molar-refractivity contribution < 1.29 is 9.00 Å². The van der Waals surface area contributed by atoms with E-state index in [1.165, 1.54) is 0 Å². The van der Waals surface area contributed by atoms with E-state index in [0.717, 1.165) is 12.0 Å². The van der Waals surface area contributed by atoms with Crippen molar-refractivity contribution in [3.63, 3.8) is 0 Å². The van der Waals surface area contributed by atoms with Gasteiger partial charge < -0.3 is 11.1 Å². The minimum Gasteiger partial charge on any atom is -0.324 e. The zero-order valence-electron chi connectivity index (χ0n) is 14.6. The Bertz CT molecular complexity index is 554. The van der Waals surface area contributed by atoms with Crippen molar-refractivity contribution in [3.05, 3.63) is 29.8 Å². The largest absolute Gasteiger partial charge is 0.324 e. The molecule has 1 rings (SSSR count). The molecule has 132 valence electrons. The predicted molar refractivity (Wildman–Crippen MR) is 101 cm³/mol. The van der Waals surface area contributed by atoms with E-state index in [-0.39, 0.29) is 23.1 Å². The smallest absolute Gasteiger partial charge is 0.244 e. The molecular formula is C17H29ClN2O2S. The van der Waals surface area contributed by atoms with Gasteiger partial charge in [-0.25, -0.2) is 0 Å². The molecule has 0 aliphatic rings. The quantitative estimate of drug-likeness (QED) is 0.813. The Hall–Kier alpha value is -0.910. The summed E-state index contributed by atoms with van der Waals surface area (Å²) in [6.45, 7) is 9.61. The molecule has 0 spiro atoms. The average molecular weight is 361 g/mol. The molecule has 0 saturated heterocycles. The third-order valence-corrected chi connectivity index (χ3v) is 5.42. The minimum absolute atomic E-state index is 0. The van der Waals surface area contributed by atoms with Gasteiger partial charge in [0.25, 0.3) is 0 Å². The lowest BCUT2D eigenvalue weighted by atomic mass is 9.96. The first kappa shape index (κ1) is 22.1. The Morgan fingerprint density at radius 1 is 1.26 bits per heavy atom. The molecule has 4 nitrogen and oxygen atoms in total. The molecule has 2 unspecified atom stereocenters. The van der Waals surface area contributed by atoms with Crippen molar-refractivity contribution in [1.29, 1.82) is 0 Å². The second kappa shape index (κ2) is 8.81. The molecule has 6 heteroatoms. The van der Waals surface area contributed by atoms with Gasteiger partial charge in [-0.1, -0.05) is 25.5 Å². The zero-order chi connectivity index (χ0) is 17.0. The lowest BCUT2D eigenvalue weighted by Crippen LogP contribution is -2.48. The third kappa shape index (κ3) is 7.02. The number of halogens is 1. The van der Waals surface area contributed by atoms with Gasteiger partial charge >= 0.3 is 0 Å². The van der Waals surface area contributed by atoms with Gasteiger partial charge in [-0.15, -0.1) is 12.4 Å². The first-order chi connectivity index (χ1) is 10.1. The van der Waals surface area contributed by atoms with Crippen LogP contribution in [0.1, 0.15) is 53.0 Å². The number of nitrogens with two attached hydrogens (primary N) is 1. The Morgan fingerprint density at radius 2 is 1.87 bits per heavy atom. The summed E-state index contributed by atoms with van der Waals surface area (Å²) in [6.07, 6.45) is 1.48. The third-order valence-electron chi connectivity index (χ3n) is 3.45. The van der Waals surface area contributed by atoms with Crippen LogP contribution in [0.2, 0.25) is 0 Å². The molecule has 1 amide bonds. The van der Waals surface area contributed by atoms with Crippen LogP contribution in [0.4, 0.5) is 5.69 Å². The summed E-state index contributed by atoms with van der Waals surface area (Å²) in [4.78, 5) is 12.2. The molecule has 1 aromatic carbocycles. The number of hydrogen-bond acceptors (Lipinski definition) is 3. The molecular weight excluding hydrogens is 332 g/mol. The Balaban J connectivity index is 0.00000484. The van der Waals surface area contributed by atoms with E-state index in [2.05, 4.69) is 5.32 Å². The van der Waals surface area contributed by atoms with Gasteiger partial charge in [0.05, 0.1) is 5.54 Å². The van der Waals surface area contributed by atoms with Gasteiger partial charge in [-0.3, -0.25) is 9.00 Å². The predicted octanol–water partition coefficient (Wildman–Crippen LogP) is 3.61. The summed E-state index contributed by atoms with van der Waals surface area (Å²) in [5.41, 5.74) is 6.80. The number of rotatable bonds is 6. The van der Waals surface area contributed by atoms with E-state index in [4.69, 9.17) is 5.73 Å². The summed E-state index contributed by atoms with van der Waals surface area (Å²) in [7, 11) is -0.967. The number of anilines is 1. The van der Waals surface area contributed by atoms with Crippen molar-refractivity contribution in [2.24, 2.45) is 5.73 Å². The van der Waals surface area contributed by atoms with Gasteiger partial charge in [0.1, 0.15) is 0 Å². The summed E-state index contributed by atoms with van der Waals surface area (Å²) < 4.78 is 12.0. The van der Waals surface area contributed by atoms with Crippen molar-refractivity contribution in [3.8, 4) is 0 Å². The maximum Gasteiger partial charge on any atom is 0.244 e. The Morgan fingerprint density at radius 3 is 2.39 bits per heavy atom. The lowest BCUT2D eigenvalue weighted by molar-refractivity contribution is -0.120. The first-order valence-electron chi connectivity index (χ1n) is 7.64. The highest BCUT2D eigenvalue weighted by Crippen LogP contribution is 2.20. The van der Waals surface area contributed by atoms with E-state index >= 15 is 0 Å². The molecule has 0 aliphatic heterocycles.